The van der Waals surface area contributed by atoms with E-state index in [2.05, 4.69) is 5.32 Å². The quantitative estimate of drug-likeness (QED) is 0.729. The number of hydrogen-bond donors (Lipinski definition) is 1. The third kappa shape index (κ3) is 1.84. The normalized spacial score (nSPS) is 35.6. The molecule has 1 atom stereocenters. The molecule has 0 aromatic carbocycles. The van der Waals surface area contributed by atoms with E-state index in [1.807, 2.05) is 0 Å². The van der Waals surface area contributed by atoms with Gasteiger partial charge in [0.2, 0.25) is 0 Å². The Morgan fingerprint density at radius 3 is 2.07 bits per heavy atom. The van der Waals surface area contributed by atoms with E-state index in [9.17, 15) is 0 Å². The molecule has 0 bridgehead atoms. The Hall–Kier alpha value is -0.0400. The third-order valence-corrected chi connectivity index (χ3v) is 5.31. The molecule has 0 radical (unpaired) electrons. The summed E-state index contributed by atoms with van der Waals surface area (Å²) in [6.07, 6.45) is 16.4. The van der Waals surface area contributed by atoms with Crippen molar-refractivity contribution in [3.8, 4) is 0 Å². The minimum atomic E-state index is 0.765. The van der Waals surface area contributed by atoms with Crippen LogP contribution in [0.25, 0.3) is 0 Å². The van der Waals surface area contributed by atoms with Crippen LogP contribution in [0.2, 0.25) is 0 Å². The van der Waals surface area contributed by atoms with Crippen LogP contribution in [0, 0.1) is 5.41 Å². The maximum Gasteiger partial charge on any atom is 0.0126 e. The molecule has 3 rings (SSSR count). The van der Waals surface area contributed by atoms with Gasteiger partial charge in [-0.15, -0.1) is 0 Å². The lowest BCUT2D eigenvalue weighted by Gasteiger charge is -2.53. The van der Waals surface area contributed by atoms with Gasteiger partial charge in [-0.1, -0.05) is 32.1 Å². The minimum Gasteiger partial charge on any atom is -0.311 e. The molecular formula is C14H25N. The molecule has 0 aliphatic heterocycles. The van der Waals surface area contributed by atoms with Gasteiger partial charge in [0, 0.05) is 12.1 Å². The molecule has 1 heteroatoms. The summed E-state index contributed by atoms with van der Waals surface area (Å²) in [6, 6.07) is 1.79. The molecule has 3 fully saturated rings. The highest BCUT2D eigenvalue weighted by molar-refractivity contribution is 5.02. The summed E-state index contributed by atoms with van der Waals surface area (Å²) >= 11 is 0. The van der Waals surface area contributed by atoms with Crippen molar-refractivity contribution in [2.75, 3.05) is 0 Å². The zero-order chi connectivity index (χ0) is 10.1. The van der Waals surface area contributed by atoms with Gasteiger partial charge in [-0.2, -0.15) is 0 Å². The van der Waals surface area contributed by atoms with Gasteiger partial charge in [0.05, 0.1) is 0 Å². The molecule has 3 aliphatic rings. The fourth-order valence-corrected chi connectivity index (χ4v) is 4.19. The topological polar surface area (TPSA) is 12.0 Å². The second-order valence-corrected chi connectivity index (χ2v) is 6.16. The molecule has 1 N–H and O–H groups in total. The van der Waals surface area contributed by atoms with Gasteiger partial charge in [-0.05, 0) is 43.9 Å². The van der Waals surface area contributed by atoms with E-state index in [1.165, 1.54) is 70.6 Å². The van der Waals surface area contributed by atoms with Gasteiger partial charge in [0.15, 0.2) is 0 Å². The predicted molar refractivity (Wildman–Crippen MR) is 63.9 cm³/mol. The Kier molecular flexibility index (Phi) is 2.76. The number of rotatable bonds is 2. The highest BCUT2D eigenvalue weighted by atomic mass is 15.0. The van der Waals surface area contributed by atoms with Gasteiger partial charge >= 0.3 is 0 Å². The molecule has 1 nitrogen and oxygen atoms in total. The van der Waals surface area contributed by atoms with Crippen LogP contribution in [-0.2, 0) is 0 Å². The Balaban J connectivity index is 1.56. The molecule has 0 saturated heterocycles. The first-order chi connectivity index (χ1) is 7.39. The van der Waals surface area contributed by atoms with Gasteiger partial charge in [0.1, 0.15) is 0 Å². The average molecular weight is 207 g/mol. The van der Waals surface area contributed by atoms with Crippen molar-refractivity contribution >= 4 is 0 Å². The van der Waals surface area contributed by atoms with E-state index < -0.39 is 0 Å². The smallest absolute Gasteiger partial charge is 0.0126 e. The number of nitrogens with one attached hydrogen (secondary N) is 1. The molecule has 3 aliphatic carbocycles. The van der Waals surface area contributed by atoms with E-state index in [0.29, 0.717) is 0 Å². The van der Waals surface area contributed by atoms with E-state index in [0.717, 1.165) is 17.5 Å². The molecule has 0 amide bonds. The molecule has 86 valence electrons. The highest BCUT2D eigenvalue weighted by Gasteiger charge is 2.47. The monoisotopic (exact) mass is 207 g/mol. The van der Waals surface area contributed by atoms with Crippen molar-refractivity contribution in [2.45, 2.75) is 82.7 Å². The summed E-state index contributed by atoms with van der Waals surface area (Å²) in [5, 5.41) is 3.98. The van der Waals surface area contributed by atoms with E-state index >= 15 is 0 Å². The second-order valence-electron chi connectivity index (χ2n) is 6.16. The summed E-state index contributed by atoms with van der Waals surface area (Å²) in [5.74, 6) is 0. The number of hydrogen-bond acceptors (Lipinski definition) is 1. The lowest BCUT2D eigenvalue weighted by molar-refractivity contribution is 0.0168. The maximum atomic E-state index is 3.98. The van der Waals surface area contributed by atoms with Gasteiger partial charge in [-0.3, -0.25) is 0 Å². The summed E-state index contributed by atoms with van der Waals surface area (Å²) < 4.78 is 0. The second kappa shape index (κ2) is 4.08. The van der Waals surface area contributed by atoms with Crippen molar-refractivity contribution in [1.29, 1.82) is 0 Å². The first kappa shape index (κ1) is 10.1. The van der Waals surface area contributed by atoms with Crippen LogP contribution < -0.4 is 5.32 Å². The van der Waals surface area contributed by atoms with E-state index in [1.54, 1.807) is 0 Å². The highest BCUT2D eigenvalue weighted by Crippen LogP contribution is 2.52. The van der Waals surface area contributed by atoms with Gasteiger partial charge in [0.25, 0.3) is 0 Å². The summed E-state index contributed by atoms with van der Waals surface area (Å²) in [7, 11) is 0. The molecule has 15 heavy (non-hydrogen) atoms. The lowest BCUT2D eigenvalue weighted by atomic mass is 9.57. The zero-order valence-electron chi connectivity index (χ0n) is 9.93. The standard InChI is InChI=1S/C14H25N/c1-4-9-14(10-5-1)11-8-13(14)15-12-6-2-3-7-12/h12-13,15H,1-11H2. The summed E-state index contributed by atoms with van der Waals surface area (Å²) in [4.78, 5) is 0. The van der Waals surface area contributed by atoms with Crippen LogP contribution in [0.3, 0.4) is 0 Å². The first-order valence-electron chi connectivity index (χ1n) is 7.15. The average Bonchev–Trinajstić information content (AvgIpc) is 2.78. The molecule has 0 aromatic rings. The Labute approximate surface area is 94.0 Å². The third-order valence-electron chi connectivity index (χ3n) is 5.31. The first-order valence-corrected chi connectivity index (χ1v) is 7.15. The Morgan fingerprint density at radius 2 is 1.47 bits per heavy atom. The van der Waals surface area contributed by atoms with Gasteiger partial charge in [-0.25, -0.2) is 0 Å². The minimum absolute atomic E-state index is 0.765. The predicted octanol–water partition coefficient (Wildman–Crippen LogP) is 3.63. The SMILES string of the molecule is C1CCC2(CC1)CCC2NC1CCCC1. The molecule has 1 spiro atoms. The van der Waals surface area contributed by atoms with Crippen LogP contribution in [-0.4, -0.2) is 12.1 Å². The Morgan fingerprint density at radius 1 is 0.733 bits per heavy atom. The molecule has 3 saturated carbocycles. The van der Waals surface area contributed by atoms with Crippen molar-refractivity contribution in [3.05, 3.63) is 0 Å². The van der Waals surface area contributed by atoms with Crippen molar-refractivity contribution in [2.24, 2.45) is 5.41 Å². The summed E-state index contributed by atoms with van der Waals surface area (Å²) in [6.45, 7) is 0. The fraction of sp³-hybridized carbons (Fsp3) is 1.00. The van der Waals surface area contributed by atoms with Crippen LogP contribution >= 0.6 is 0 Å². The zero-order valence-corrected chi connectivity index (χ0v) is 9.93. The molecular weight excluding hydrogens is 182 g/mol. The van der Waals surface area contributed by atoms with Crippen molar-refractivity contribution in [3.63, 3.8) is 0 Å². The molecule has 1 unspecified atom stereocenters. The summed E-state index contributed by atoms with van der Waals surface area (Å²) in [5.41, 5.74) is 0.765. The maximum absolute atomic E-state index is 3.98. The van der Waals surface area contributed by atoms with Crippen LogP contribution in [0.1, 0.15) is 70.6 Å². The van der Waals surface area contributed by atoms with Crippen LogP contribution in [0.4, 0.5) is 0 Å². The van der Waals surface area contributed by atoms with Gasteiger partial charge < -0.3 is 5.32 Å². The molecule has 0 heterocycles. The van der Waals surface area contributed by atoms with Crippen LogP contribution in [0.5, 0.6) is 0 Å². The van der Waals surface area contributed by atoms with Crippen molar-refractivity contribution in [1.82, 2.24) is 5.32 Å². The lowest BCUT2D eigenvalue weighted by Crippen LogP contribution is -2.56. The Bertz CT molecular complexity index is 211. The van der Waals surface area contributed by atoms with E-state index in [4.69, 9.17) is 0 Å². The fourth-order valence-electron chi connectivity index (χ4n) is 4.19. The van der Waals surface area contributed by atoms with E-state index in [-0.39, 0.29) is 0 Å². The largest absolute Gasteiger partial charge is 0.311 e. The molecule has 0 aromatic heterocycles. The van der Waals surface area contributed by atoms with Crippen LogP contribution in [0.15, 0.2) is 0 Å². The van der Waals surface area contributed by atoms with Crippen molar-refractivity contribution < 1.29 is 0 Å².